The molecule has 196 valence electrons. The number of amides is 2. The van der Waals surface area contributed by atoms with Gasteiger partial charge in [-0.25, -0.2) is 4.79 Å². The van der Waals surface area contributed by atoms with Crippen LogP contribution in [0.2, 0.25) is 0 Å². The maximum Gasteiger partial charge on any atom is 0.332 e. The van der Waals surface area contributed by atoms with Crippen LogP contribution in [0.4, 0.5) is 0 Å². The van der Waals surface area contributed by atoms with Gasteiger partial charge in [0.2, 0.25) is 11.7 Å². The molecular weight excluding hydrogens is 460 g/mol. The predicted molar refractivity (Wildman–Crippen MR) is 133 cm³/mol. The van der Waals surface area contributed by atoms with Crippen molar-refractivity contribution in [3.05, 3.63) is 35.9 Å². The average Bonchev–Trinajstić information content (AvgIpc) is 3.38. The largest absolute Gasteiger partial charge is 0.463 e. The maximum atomic E-state index is 13.6. The highest BCUT2D eigenvalue weighted by Crippen LogP contribution is 2.41. The summed E-state index contributed by atoms with van der Waals surface area (Å²) in [6.45, 7) is 0.859. The fourth-order valence-corrected chi connectivity index (χ4v) is 6.05. The second-order valence-electron chi connectivity index (χ2n) is 10.5. The van der Waals surface area contributed by atoms with Crippen LogP contribution in [-0.4, -0.2) is 78.9 Å². The number of ether oxygens (including phenoxy) is 2. The number of fused-ring (bicyclic) bond motifs is 2. The minimum absolute atomic E-state index is 0.0428. The molecule has 8 nitrogen and oxygen atoms in total. The average molecular weight is 499 g/mol. The molecule has 2 bridgehead atoms. The molecular formula is C28H38N2O6. The van der Waals surface area contributed by atoms with E-state index in [0.29, 0.717) is 32.4 Å². The molecule has 2 heterocycles. The molecule has 8 heteroatoms. The molecule has 3 fully saturated rings. The minimum Gasteiger partial charge on any atom is -0.463 e. The fourth-order valence-electron chi connectivity index (χ4n) is 6.05. The van der Waals surface area contributed by atoms with Crippen molar-refractivity contribution in [1.82, 2.24) is 9.80 Å². The summed E-state index contributed by atoms with van der Waals surface area (Å²) in [6, 6.07) is 9.61. The van der Waals surface area contributed by atoms with Crippen LogP contribution >= 0.6 is 0 Å². The van der Waals surface area contributed by atoms with E-state index in [1.165, 1.54) is 12.7 Å². The molecule has 1 aromatic rings. The Labute approximate surface area is 213 Å². The zero-order valence-corrected chi connectivity index (χ0v) is 21.3. The lowest BCUT2D eigenvalue weighted by molar-refractivity contribution is -0.167. The highest BCUT2D eigenvalue weighted by Gasteiger charge is 2.52. The molecule has 2 aliphatic heterocycles. The van der Waals surface area contributed by atoms with Gasteiger partial charge in [0, 0.05) is 20.2 Å². The number of benzene rings is 1. The Balaban J connectivity index is 1.38. The lowest BCUT2D eigenvalue weighted by Crippen LogP contribution is -2.67. The van der Waals surface area contributed by atoms with Crippen LogP contribution in [0.1, 0.15) is 63.4 Å². The summed E-state index contributed by atoms with van der Waals surface area (Å²) >= 11 is 0. The third kappa shape index (κ3) is 5.80. The number of aryl methyl sites for hydroxylation is 1. The van der Waals surface area contributed by atoms with Crippen LogP contribution in [0.15, 0.2) is 30.3 Å². The lowest BCUT2D eigenvalue weighted by atomic mass is 9.80. The Morgan fingerprint density at radius 3 is 2.50 bits per heavy atom. The summed E-state index contributed by atoms with van der Waals surface area (Å²) in [5.41, 5.74) is 0.301. The first kappa shape index (κ1) is 26.3. The standard InChI is InChI=1S/C28H38N2O6/c1-35-19-24(31)36-20-28(15-6-7-16-28)25(32)27(34)30-22-13-9-14-23(30)26(33)29(18-22)17-8-5-12-21-10-3-2-4-11-21/h2-4,10-11,22-23H,5-9,12-20H2,1H3. The monoisotopic (exact) mass is 498 g/mol. The summed E-state index contributed by atoms with van der Waals surface area (Å²) < 4.78 is 10.1. The van der Waals surface area contributed by atoms with E-state index in [1.807, 2.05) is 23.1 Å². The van der Waals surface area contributed by atoms with Crippen LogP contribution in [0.25, 0.3) is 0 Å². The van der Waals surface area contributed by atoms with Crippen molar-refractivity contribution in [1.29, 1.82) is 0 Å². The Hall–Kier alpha value is -2.74. The number of carbonyl (C=O) groups is 4. The van der Waals surface area contributed by atoms with E-state index in [1.54, 1.807) is 4.90 Å². The number of Topliss-reactive ketones (excluding diaryl/α,β-unsaturated/α-hetero) is 1. The number of likely N-dealkylation sites (tertiary alicyclic amines) is 1. The molecule has 1 aliphatic carbocycles. The van der Waals surface area contributed by atoms with Gasteiger partial charge in [-0.1, -0.05) is 43.2 Å². The second kappa shape index (κ2) is 12.0. The van der Waals surface area contributed by atoms with Gasteiger partial charge >= 0.3 is 5.97 Å². The molecule has 0 N–H and O–H groups in total. The van der Waals surface area contributed by atoms with E-state index in [2.05, 4.69) is 12.1 Å². The SMILES string of the molecule is COCC(=O)OCC1(C(=O)C(=O)N2C3CCCC2C(=O)N(CCCCc2ccccc2)C3)CCCC1. The number of ketones is 1. The van der Waals surface area contributed by atoms with Gasteiger partial charge in [0.25, 0.3) is 5.91 Å². The van der Waals surface area contributed by atoms with Gasteiger partial charge in [-0.05, 0) is 56.9 Å². The summed E-state index contributed by atoms with van der Waals surface area (Å²) in [6.07, 6.45) is 7.78. The number of esters is 1. The number of hydrogen-bond acceptors (Lipinski definition) is 6. The molecule has 0 aromatic heterocycles. The number of nitrogens with zero attached hydrogens (tertiary/aromatic N) is 2. The summed E-state index contributed by atoms with van der Waals surface area (Å²) in [5.74, 6) is -1.67. The molecule has 2 atom stereocenters. The van der Waals surface area contributed by atoms with Gasteiger partial charge in [0.15, 0.2) is 0 Å². The number of piperidine rings is 1. The maximum absolute atomic E-state index is 13.6. The molecule has 1 aromatic carbocycles. The predicted octanol–water partition coefficient (Wildman–Crippen LogP) is 2.92. The molecule has 1 saturated carbocycles. The number of methoxy groups -OCH3 is 1. The third-order valence-electron chi connectivity index (χ3n) is 8.00. The van der Waals surface area contributed by atoms with Crippen molar-refractivity contribution in [2.24, 2.45) is 5.41 Å². The first-order valence-corrected chi connectivity index (χ1v) is 13.3. The van der Waals surface area contributed by atoms with Crippen LogP contribution < -0.4 is 0 Å². The first-order valence-electron chi connectivity index (χ1n) is 13.3. The smallest absolute Gasteiger partial charge is 0.332 e. The van der Waals surface area contributed by atoms with E-state index in [0.717, 1.165) is 44.9 Å². The first-order chi connectivity index (χ1) is 17.4. The molecule has 4 rings (SSSR count). The zero-order valence-electron chi connectivity index (χ0n) is 21.3. The molecule has 0 spiro atoms. The Morgan fingerprint density at radius 1 is 1.03 bits per heavy atom. The van der Waals surface area contributed by atoms with E-state index in [-0.39, 0.29) is 25.2 Å². The van der Waals surface area contributed by atoms with E-state index in [9.17, 15) is 19.2 Å². The van der Waals surface area contributed by atoms with Gasteiger partial charge < -0.3 is 19.3 Å². The van der Waals surface area contributed by atoms with Crippen molar-refractivity contribution >= 4 is 23.6 Å². The van der Waals surface area contributed by atoms with Gasteiger partial charge in [0.1, 0.15) is 19.3 Å². The number of piperazine rings is 1. The van der Waals surface area contributed by atoms with Gasteiger partial charge in [-0.3, -0.25) is 14.4 Å². The lowest BCUT2D eigenvalue weighted by Gasteiger charge is -2.49. The summed E-state index contributed by atoms with van der Waals surface area (Å²) in [4.78, 5) is 55.8. The van der Waals surface area contributed by atoms with Gasteiger partial charge in [0.05, 0.1) is 11.5 Å². The van der Waals surface area contributed by atoms with Crippen LogP contribution in [0.5, 0.6) is 0 Å². The Bertz CT molecular complexity index is 943. The number of hydrogen-bond donors (Lipinski definition) is 0. The van der Waals surface area contributed by atoms with E-state index in [4.69, 9.17) is 9.47 Å². The molecule has 36 heavy (non-hydrogen) atoms. The third-order valence-corrected chi connectivity index (χ3v) is 8.00. The fraction of sp³-hybridized carbons (Fsp3) is 0.643. The molecule has 2 saturated heterocycles. The zero-order chi connectivity index (χ0) is 25.5. The molecule has 2 unspecified atom stereocenters. The highest BCUT2D eigenvalue weighted by molar-refractivity contribution is 6.38. The molecule has 2 amide bonds. The van der Waals surface area contributed by atoms with Crippen molar-refractivity contribution in [3.8, 4) is 0 Å². The van der Waals surface area contributed by atoms with Crippen molar-refractivity contribution < 1.29 is 28.7 Å². The minimum atomic E-state index is -0.994. The normalized spacial score (nSPS) is 23.0. The quantitative estimate of drug-likeness (QED) is 0.265. The summed E-state index contributed by atoms with van der Waals surface area (Å²) in [5, 5.41) is 0. The van der Waals surface area contributed by atoms with Gasteiger partial charge in [-0.2, -0.15) is 0 Å². The molecule has 3 aliphatic rings. The Morgan fingerprint density at radius 2 is 1.78 bits per heavy atom. The summed E-state index contributed by atoms with van der Waals surface area (Å²) in [7, 11) is 1.40. The van der Waals surface area contributed by atoms with Crippen molar-refractivity contribution in [2.45, 2.75) is 76.3 Å². The molecule has 0 radical (unpaired) electrons. The van der Waals surface area contributed by atoms with Crippen molar-refractivity contribution in [2.75, 3.05) is 33.4 Å². The van der Waals surface area contributed by atoms with E-state index < -0.39 is 29.1 Å². The number of rotatable bonds is 11. The topological polar surface area (TPSA) is 93.2 Å². The highest BCUT2D eigenvalue weighted by atomic mass is 16.6. The number of unbranched alkanes of at least 4 members (excludes halogenated alkanes) is 1. The van der Waals surface area contributed by atoms with E-state index >= 15 is 0 Å². The van der Waals surface area contributed by atoms with Crippen LogP contribution in [0.3, 0.4) is 0 Å². The van der Waals surface area contributed by atoms with Crippen LogP contribution in [-0.2, 0) is 35.1 Å². The van der Waals surface area contributed by atoms with Crippen molar-refractivity contribution in [3.63, 3.8) is 0 Å². The number of carbonyl (C=O) groups excluding carboxylic acids is 4. The van der Waals surface area contributed by atoms with Crippen LogP contribution in [0, 0.1) is 5.41 Å². The second-order valence-corrected chi connectivity index (χ2v) is 10.5. The van der Waals surface area contributed by atoms with Gasteiger partial charge in [-0.15, -0.1) is 0 Å². The Kier molecular flexibility index (Phi) is 8.77.